The summed E-state index contributed by atoms with van der Waals surface area (Å²) >= 11 is 12.6. The number of hydrogen-bond acceptors (Lipinski definition) is 4. The van der Waals surface area contributed by atoms with Gasteiger partial charge in [0.2, 0.25) is 5.91 Å². The first-order valence-electron chi connectivity index (χ1n) is 11.1. The van der Waals surface area contributed by atoms with Crippen LogP contribution >= 0.6 is 23.2 Å². The summed E-state index contributed by atoms with van der Waals surface area (Å²) in [7, 11) is 0. The molecule has 3 rings (SSSR count). The van der Waals surface area contributed by atoms with Crippen LogP contribution in [0.25, 0.3) is 0 Å². The lowest BCUT2D eigenvalue weighted by molar-refractivity contribution is -0.121. The maximum absolute atomic E-state index is 13.5. The van der Waals surface area contributed by atoms with Crippen molar-refractivity contribution >= 4 is 40.8 Å². The van der Waals surface area contributed by atoms with E-state index in [9.17, 15) is 9.59 Å². The van der Waals surface area contributed by atoms with Crippen molar-refractivity contribution in [2.45, 2.75) is 64.4 Å². The number of esters is 1. The van der Waals surface area contributed by atoms with Crippen LogP contribution in [0.1, 0.15) is 68.8 Å². The summed E-state index contributed by atoms with van der Waals surface area (Å²) in [6.45, 7) is 5.94. The second-order valence-electron chi connectivity index (χ2n) is 8.14. The monoisotopic (exact) mass is 477 g/mol. The van der Waals surface area contributed by atoms with Crippen LogP contribution in [0.15, 0.2) is 36.4 Å². The number of nitrogens with one attached hydrogen (secondary N) is 1. The van der Waals surface area contributed by atoms with Crippen molar-refractivity contribution in [3.8, 4) is 5.75 Å². The Bertz CT molecular complexity index is 986. The van der Waals surface area contributed by atoms with Crippen LogP contribution in [0.4, 0.5) is 5.69 Å². The molecule has 1 N–H and O–H groups in total. The maximum Gasteiger partial charge on any atom is 0.341 e. The van der Waals surface area contributed by atoms with E-state index in [4.69, 9.17) is 32.7 Å². The minimum atomic E-state index is -0.738. The molecule has 1 aliphatic rings. The number of halogens is 2. The largest absolute Gasteiger partial charge is 0.490 e. The highest BCUT2D eigenvalue weighted by atomic mass is 35.5. The molecule has 7 heteroatoms. The molecule has 1 amide bonds. The Morgan fingerprint density at radius 3 is 2.44 bits per heavy atom. The Hall–Kier alpha value is -2.24. The molecule has 0 aliphatic heterocycles. The highest BCUT2D eigenvalue weighted by molar-refractivity contribution is 6.35. The maximum atomic E-state index is 13.5. The van der Waals surface area contributed by atoms with Crippen molar-refractivity contribution in [3.05, 3.63) is 57.6 Å². The summed E-state index contributed by atoms with van der Waals surface area (Å²) in [5.74, 6) is -0.199. The Labute approximate surface area is 199 Å². The van der Waals surface area contributed by atoms with Crippen molar-refractivity contribution in [3.63, 3.8) is 0 Å². The van der Waals surface area contributed by atoms with Crippen LogP contribution in [0.5, 0.6) is 5.75 Å². The third-order valence-electron chi connectivity index (χ3n) is 5.97. The summed E-state index contributed by atoms with van der Waals surface area (Å²) in [5, 5.41) is 4.02. The molecule has 1 unspecified atom stereocenters. The molecule has 2 aromatic carbocycles. The molecule has 1 fully saturated rings. The number of anilines is 1. The van der Waals surface area contributed by atoms with Gasteiger partial charge in [-0.15, -0.1) is 0 Å². The van der Waals surface area contributed by atoms with Gasteiger partial charge >= 0.3 is 5.97 Å². The fraction of sp³-hybridized carbons (Fsp3) is 0.440. The van der Waals surface area contributed by atoms with E-state index in [-0.39, 0.29) is 24.2 Å². The van der Waals surface area contributed by atoms with Crippen molar-refractivity contribution in [1.29, 1.82) is 0 Å². The lowest BCUT2D eigenvalue weighted by Gasteiger charge is -2.29. The van der Waals surface area contributed by atoms with Gasteiger partial charge in [0.1, 0.15) is 11.3 Å². The average molecular weight is 478 g/mol. The standard InChI is InChI=1S/C25H29Cl2NO4/c1-4-16(3)32-22-11-9-18(15-19(22)23(29)31-5-2)28-24(30)25(12-6-7-13-25)20-10-8-17(26)14-21(20)27/h8-11,14-16H,4-7,12-13H2,1-3H3,(H,28,30). The molecule has 0 saturated heterocycles. The number of ether oxygens (including phenoxy) is 2. The van der Waals surface area contributed by atoms with Crippen molar-refractivity contribution in [2.24, 2.45) is 0 Å². The predicted molar refractivity (Wildman–Crippen MR) is 128 cm³/mol. The van der Waals surface area contributed by atoms with Crippen LogP contribution in [0.2, 0.25) is 10.0 Å². The van der Waals surface area contributed by atoms with E-state index in [1.807, 2.05) is 19.9 Å². The van der Waals surface area contributed by atoms with Crippen LogP contribution in [0.3, 0.4) is 0 Å². The highest BCUT2D eigenvalue weighted by Crippen LogP contribution is 2.45. The lowest BCUT2D eigenvalue weighted by Crippen LogP contribution is -2.38. The molecule has 0 heterocycles. The molecule has 5 nitrogen and oxygen atoms in total. The number of rotatable bonds is 8. The van der Waals surface area contributed by atoms with Crippen molar-refractivity contribution in [2.75, 3.05) is 11.9 Å². The third-order valence-corrected chi connectivity index (χ3v) is 6.52. The van der Waals surface area contributed by atoms with Gasteiger partial charge in [-0.2, -0.15) is 0 Å². The topological polar surface area (TPSA) is 64.6 Å². The Morgan fingerprint density at radius 2 is 1.81 bits per heavy atom. The van der Waals surface area contributed by atoms with E-state index in [2.05, 4.69) is 5.32 Å². The number of carbonyl (C=O) groups is 2. The normalized spacial score (nSPS) is 15.8. The molecule has 172 valence electrons. The molecule has 0 bridgehead atoms. The van der Waals surface area contributed by atoms with E-state index in [0.717, 1.165) is 24.8 Å². The first-order chi connectivity index (χ1) is 15.3. The fourth-order valence-corrected chi connectivity index (χ4v) is 4.69. The first kappa shape index (κ1) is 24.4. The van der Waals surface area contributed by atoms with Crippen molar-refractivity contribution in [1.82, 2.24) is 0 Å². The smallest absolute Gasteiger partial charge is 0.341 e. The summed E-state index contributed by atoms with van der Waals surface area (Å²) in [5.41, 5.74) is 0.833. The quantitative estimate of drug-likeness (QED) is 0.424. The first-order valence-corrected chi connectivity index (χ1v) is 11.8. The van der Waals surface area contributed by atoms with Crippen molar-refractivity contribution < 1.29 is 19.1 Å². The molecule has 0 spiro atoms. The molecule has 1 aliphatic carbocycles. The second kappa shape index (κ2) is 10.6. The highest BCUT2D eigenvalue weighted by Gasteiger charge is 2.44. The van der Waals surface area contributed by atoms with Gasteiger partial charge in [0.15, 0.2) is 0 Å². The van der Waals surface area contributed by atoms with Gasteiger partial charge in [-0.1, -0.05) is 49.0 Å². The van der Waals surface area contributed by atoms with Gasteiger partial charge in [-0.05, 0) is 69.0 Å². The number of hydrogen-bond donors (Lipinski definition) is 1. The van der Waals surface area contributed by atoms with Gasteiger partial charge in [-0.3, -0.25) is 4.79 Å². The van der Waals surface area contributed by atoms with E-state index in [1.165, 1.54) is 0 Å². The molecular formula is C25H29Cl2NO4. The Morgan fingerprint density at radius 1 is 1.09 bits per heavy atom. The Kier molecular flexibility index (Phi) is 8.07. The summed E-state index contributed by atoms with van der Waals surface area (Å²) in [6.07, 6.45) is 3.99. The van der Waals surface area contributed by atoms with Gasteiger partial charge in [0.25, 0.3) is 0 Å². The van der Waals surface area contributed by atoms with E-state index in [1.54, 1.807) is 37.3 Å². The second-order valence-corrected chi connectivity index (χ2v) is 8.98. The molecular weight excluding hydrogens is 449 g/mol. The minimum Gasteiger partial charge on any atom is -0.490 e. The predicted octanol–water partition coefficient (Wildman–Crippen LogP) is 6.80. The zero-order chi connectivity index (χ0) is 23.3. The number of benzene rings is 2. The Balaban J connectivity index is 1.93. The summed E-state index contributed by atoms with van der Waals surface area (Å²) in [4.78, 5) is 26.1. The molecule has 32 heavy (non-hydrogen) atoms. The van der Waals surface area contributed by atoms with Crippen LogP contribution in [0, 0.1) is 0 Å². The zero-order valence-corrected chi connectivity index (χ0v) is 20.2. The van der Waals surface area contributed by atoms with E-state index < -0.39 is 11.4 Å². The SMILES string of the molecule is CCOC(=O)c1cc(NC(=O)C2(c3ccc(Cl)cc3Cl)CCCC2)ccc1OC(C)CC. The molecule has 0 radical (unpaired) electrons. The van der Waals surface area contributed by atoms with Crippen LogP contribution in [-0.2, 0) is 14.9 Å². The number of carbonyl (C=O) groups excluding carboxylic acids is 2. The third kappa shape index (κ3) is 5.21. The van der Waals surface area contributed by atoms with E-state index >= 15 is 0 Å². The van der Waals surface area contributed by atoms with Crippen LogP contribution < -0.4 is 10.1 Å². The average Bonchev–Trinajstić information content (AvgIpc) is 3.25. The van der Waals surface area contributed by atoms with Gasteiger partial charge in [0.05, 0.1) is 18.1 Å². The minimum absolute atomic E-state index is 0.0579. The molecule has 2 aromatic rings. The van der Waals surface area contributed by atoms with Gasteiger partial charge in [-0.25, -0.2) is 4.79 Å². The van der Waals surface area contributed by atoms with Crippen LogP contribution in [-0.4, -0.2) is 24.6 Å². The summed E-state index contributed by atoms with van der Waals surface area (Å²) < 4.78 is 11.1. The zero-order valence-electron chi connectivity index (χ0n) is 18.7. The molecule has 1 saturated carbocycles. The van der Waals surface area contributed by atoms with E-state index in [0.29, 0.717) is 34.3 Å². The van der Waals surface area contributed by atoms with Gasteiger partial charge < -0.3 is 14.8 Å². The fourth-order valence-electron chi connectivity index (χ4n) is 4.10. The molecule has 1 atom stereocenters. The summed E-state index contributed by atoms with van der Waals surface area (Å²) in [6, 6.07) is 10.3. The number of amides is 1. The lowest BCUT2D eigenvalue weighted by atomic mass is 9.78. The molecule has 0 aromatic heterocycles. The van der Waals surface area contributed by atoms with Gasteiger partial charge in [0, 0.05) is 15.7 Å².